The van der Waals surface area contributed by atoms with Crippen molar-refractivity contribution in [2.45, 2.75) is 51.2 Å². The number of anilines is 2. The normalized spacial score (nSPS) is 19.9. The maximum Gasteiger partial charge on any atom is 0.314 e. The Morgan fingerprint density at radius 2 is 1.68 bits per heavy atom. The topological polar surface area (TPSA) is 132 Å². The van der Waals surface area contributed by atoms with Crippen molar-refractivity contribution >= 4 is 34.5 Å². The lowest BCUT2D eigenvalue weighted by Gasteiger charge is -2.46. The number of hydrazine groups is 1. The number of methoxy groups -OCH3 is 1. The summed E-state index contributed by atoms with van der Waals surface area (Å²) in [4.78, 5) is 22.9. The van der Waals surface area contributed by atoms with Gasteiger partial charge in [-0.1, -0.05) is 6.07 Å². The average Bonchev–Trinajstić information content (AvgIpc) is 3.70. The van der Waals surface area contributed by atoms with Crippen LogP contribution in [0, 0.1) is 5.92 Å². The molecule has 2 N–H and O–H groups in total. The highest BCUT2D eigenvalue weighted by Gasteiger charge is 2.40. The van der Waals surface area contributed by atoms with Crippen LogP contribution in [0.1, 0.15) is 38.2 Å². The summed E-state index contributed by atoms with van der Waals surface area (Å²) in [5, 5.41) is 1.69. The van der Waals surface area contributed by atoms with Crippen molar-refractivity contribution in [3.63, 3.8) is 0 Å². The van der Waals surface area contributed by atoms with E-state index in [4.69, 9.17) is 29.1 Å². The van der Waals surface area contributed by atoms with Gasteiger partial charge in [0.25, 0.3) is 6.01 Å². The van der Waals surface area contributed by atoms with E-state index < -0.39 is 0 Å². The molecule has 0 aliphatic carbocycles. The molecule has 0 radical (unpaired) electrons. The fourth-order valence-corrected chi connectivity index (χ4v) is 6.66. The van der Waals surface area contributed by atoms with Crippen LogP contribution in [0.4, 0.5) is 12.0 Å². The van der Waals surface area contributed by atoms with Gasteiger partial charge in [-0.2, -0.15) is 9.97 Å². The maximum absolute atomic E-state index is 6.69. The number of hydrogen-bond acceptors (Lipinski definition) is 12. The number of oxazole rings is 2. The molecule has 6 heterocycles. The van der Waals surface area contributed by atoms with E-state index in [2.05, 4.69) is 36.9 Å². The van der Waals surface area contributed by atoms with Crippen molar-refractivity contribution in [1.82, 2.24) is 24.8 Å². The Kier molecular flexibility index (Phi) is 7.92. The molecular formula is C32H38N8O4. The van der Waals surface area contributed by atoms with E-state index in [0.717, 1.165) is 63.4 Å². The van der Waals surface area contributed by atoms with Crippen LogP contribution in [0.3, 0.4) is 0 Å². The maximum atomic E-state index is 6.69. The molecule has 4 aromatic heterocycles. The summed E-state index contributed by atoms with van der Waals surface area (Å²) in [5.41, 5.74) is 3.73. The predicted octanol–water partition coefficient (Wildman–Crippen LogP) is 4.80. The zero-order chi connectivity index (χ0) is 30.0. The first kappa shape index (κ1) is 28.4. The lowest BCUT2D eigenvalue weighted by molar-refractivity contribution is 0.146. The molecule has 2 aliphatic heterocycles. The van der Waals surface area contributed by atoms with Crippen LogP contribution in [0.5, 0.6) is 11.5 Å². The molecule has 12 nitrogen and oxygen atoms in total. The second-order valence-corrected chi connectivity index (χ2v) is 11.5. The lowest BCUT2D eigenvalue weighted by atomic mass is 9.82. The molecule has 2 saturated heterocycles. The quantitative estimate of drug-likeness (QED) is 0.185. The summed E-state index contributed by atoms with van der Waals surface area (Å²) in [6.45, 7) is 6.20. The molecule has 2 unspecified atom stereocenters. The molecule has 7 rings (SSSR count). The summed E-state index contributed by atoms with van der Waals surface area (Å²) in [5.74, 6) is 8.68. The molecule has 12 heteroatoms. The zero-order valence-corrected chi connectivity index (χ0v) is 25.1. The summed E-state index contributed by atoms with van der Waals surface area (Å²) in [6, 6.07) is 14.9. The third-order valence-electron chi connectivity index (χ3n) is 8.89. The second kappa shape index (κ2) is 12.3. The predicted molar refractivity (Wildman–Crippen MR) is 167 cm³/mol. The smallest absolute Gasteiger partial charge is 0.314 e. The minimum Gasteiger partial charge on any atom is -0.493 e. The molecule has 0 amide bonds. The van der Waals surface area contributed by atoms with Crippen molar-refractivity contribution in [3.8, 4) is 11.5 Å². The number of benzene rings is 1. The average molecular weight is 599 g/mol. The van der Waals surface area contributed by atoms with Gasteiger partial charge in [0.1, 0.15) is 0 Å². The van der Waals surface area contributed by atoms with Crippen molar-refractivity contribution in [3.05, 3.63) is 60.4 Å². The largest absolute Gasteiger partial charge is 0.493 e. The molecule has 0 bridgehead atoms. The van der Waals surface area contributed by atoms with Crippen molar-refractivity contribution in [2.75, 3.05) is 43.3 Å². The van der Waals surface area contributed by atoms with Crippen molar-refractivity contribution < 1.29 is 18.3 Å². The Morgan fingerprint density at radius 3 is 2.39 bits per heavy atom. The molecule has 5 aromatic rings. The van der Waals surface area contributed by atoms with Gasteiger partial charge in [0.05, 0.1) is 19.8 Å². The molecule has 230 valence electrons. The Labute approximate surface area is 255 Å². The fourth-order valence-electron chi connectivity index (χ4n) is 6.66. The Morgan fingerprint density at radius 1 is 0.932 bits per heavy atom. The minimum absolute atomic E-state index is 0.0427. The molecule has 1 aromatic carbocycles. The van der Waals surface area contributed by atoms with Crippen LogP contribution < -0.4 is 25.2 Å². The fraction of sp³-hybridized carbons (Fsp3) is 0.438. The van der Waals surface area contributed by atoms with Gasteiger partial charge < -0.3 is 23.2 Å². The number of aromatic nitrogens is 4. The number of pyridine rings is 2. The standard InChI is InChI=1S/C32H38N8O4/c1-3-42-28-18-21(8-9-25(28)41-2)20-38-15-10-22(11-16-38)24-19-23(40(33)32-37-30-27(44-32)7-5-14-35-30)12-17-39(24)31-36-29-26(43-31)6-4-13-34-29/h4-9,13-14,18,22-24H,3,10-12,15-17,19-20,33H2,1-2H3. The highest BCUT2D eigenvalue weighted by Crippen LogP contribution is 2.37. The molecular weight excluding hydrogens is 560 g/mol. The summed E-state index contributed by atoms with van der Waals surface area (Å²) >= 11 is 0. The number of likely N-dealkylation sites (tertiary alicyclic amines) is 1. The van der Waals surface area contributed by atoms with Gasteiger partial charge in [0, 0.05) is 31.5 Å². The van der Waals surface area contributed by atoms with Crippen molar-refractivity contribution in [2.24, 2.45) is 11.8 Å². The Balaban J connectivity index is 1.09. The minimum atomic E-state index is 0.0427. The summed E-state index contributed by atoms with van der Waals surface area (Å²) in [6.07, 6.45) is 7.20. The highest BCUT2D eigenvalue weighted by atomic mass is 16.5. The summed E-state index contributed by atoms with van der Waals surface area (Å²) in [7, 11) is 1.67. The number of ether oxygens (including phenoxy) is 2. The van der Waals surface area contributed by atoms with E-state index in [1.54, 1.807) is 24.5 Å². The number of fused-ring (bicyclic) bond motifs is 2. The van der Waals surface area contributed by atoms with E-state index in [1.807, 2.05) is 37.3 Å². The van der Waals surface area contributed by atoms with Crippen LogP contribution in [0.2, 0.25) is 0 Å². The van der Waals surface area contributed by atoms with Gasteiger partial charge in [0.15, 0.2) is 22.7 Å². The first-order valence-electron chi connectivity index (χ1n) is 15.4. The molecule has 2 fully saturated rings. The van der Waals surface area contributed by atoms with Gasteiger partial charge in [-0.05, 0) is 93.6 Å². The van der Waals surface area contributed by atoms with Gasteiger partial charge in [-0.3, -0.25) is 9.91 Å². The number of hydrogen-bond donors (Lipinski definition) is 1. The van der Waals surface area contributed by atoms with E-state index in [-0.39, 0.29) is 12.1 Å². The second-order valence-electron chi connectivity index (χ2n) is 11.5. The first-order chi connectivity index (χ1) is 21.6. The first-order valence-corrected chi connectivity index (χ1v) is 15.4. The van der Waals surface area contributed by atoms with E-state index in [9.17, 15) is 0 Å². The Hall–Kier alpha value is -4.42. The van der Waals surface area contributed by atoms with Crippen LogP contribution in [0.25, 0.3) is 22.5 Å². The monoisotopic (exact) mass is 598 g/mol. The van der Waals surface area contributed by atoms with Gasteiger partial charge in [0.2, 0.25) is 11.3 Å². The highest BCUT2D eigenvalue weighted by molar-refractivity contribution is 5.70. The van der Waals surface area contributed by atoms with E-state index in [1.165, 1.54) is 5.56 Å². The van der Waals surface area contributed by atoms with Crippen LogP contribution in [-0.4, -0.2) is 70.3 Å². The van der Waals surface area contributed by atoms with Crippen LogP contribution in [0.15, 0.2) is 63.7 Å². The van der Waals surface area contributed by atoms with Crippen LogP contribution in [-0.2, 0) is 6.54 Å². The number of nitrogens with two attached hydrogens (primary N) is 1. The molecule has 0 saturated carbocycles. The third kappa shape index (κ3) is 5.62. The van der Waals surface area contributed by atoms with Gasteiger partial charge in [-0.15, -0.1) is 0 Å². The zero-order valence-electron chi connectivity index (χ0n) is 25.1. The number of piperidine rings is 2. The van der Waals surface area contributed by atoms with Gasteiger partial charge in [-0.25, -0.2) is 15.8 Å². The SMILES string of the molecule is CCOc1cc(CN2CCC(C3CC(N(N)c4nc5ncccc5o4)CCN3c3nc4ncccc4o3)CC2)ccc1OC. The summed E-state index contributed by atoms with van der Waals surface area (Å²) < 4.78 is 23.5. The number of nitrogens with zero attached hydrogens (tertiary/aromatic N) is 7. The molecule has 2 atom stereocenters. The van der Waals surface area contributed by atoms with Crippen LogP contribution >= 0.6 is 0 Å². The van der Waals surface area contributed by atoms with E-state index >= 15 is 0 Å². The lowest BCUT2D eigenvalue weighted by Crippen LogP contribution is -2.56. The molecule has 0 spiro atoms. The molecule has 44 heavy (non-hydrogen) atoms. The molecule has 2 aliphatic rings. The van der Waals surface area contributed by atoms with E-state index in [0.29, 0.717) is 47.0 Å². The Bertz CT molecular complexity index is 1650. The number of rotatable bonds is 9. The van der Waals surface area contributed by atoms with Gasteiger partial charge >= 0.3 is 6.01 Å². The van der Waals surface area contributed by atoms with Crippen molar-refractivity contribution in [1.29, 1.82) is 0 Å². The third-order valence-corrected chi connectivity index (χ3v) is 8.89.